The van der Waals surface area contributed by atoms with Gasteiger partial charge in [0.15, 0.2) is 0 Å². The molecule has 0 spiro atoms. The van der Waals surface area contributed by atoms with Gasteiger partial charge in [0.05, 0.1) is 33.0 Å². The number of ether oxygens (including phenoxy) is 3. The maximum absolute atomic E-state index is 10.1. The topological polar surface area (TPSA) is 97.3 Å². The molecule has 0 unspecified atom stereocenters. The van der Waals surface area contributed by atoms with Crippen LogP contribution in [0.25, 0.3) is 0 Å². The van der Waals surface area contributed by atoms with E-state index in [2.05, 4.69) is 5.32 Å². The van der Waals surface area contributed by atoms with Gasteiger partial charge >= 0.3 is 6.09 Å². The van der Waals surface area contributed by atoms with Crippen molar-refractivity contribution < 1.29 is 29.2 Å². The quantitative estimate of drug-likeness (QED) is 0.411. The van der Waals surface area contributed by atoms with Crippen molar-refractivity contribution in [2.24, 2.45) is 0 Å². The maximum atomic E-state index is 10.1. The van der Waals surface area contributed by atoms with Gasteiger partial charge in [-0.3, -0.25) is 0 Å². The summed E-state index contributed by atoms with van der Waals surface area (Å²) in [5.74, 6) is 0. The van der Waals surface area contributed by atoms with E-state index in [0.29, 0.717) is 46.1 Å². The van der Waals surface area contributed by atoms with Gasteiger partial charge in [0.1, 0.15) is 0 Å². The number of amides is 1. The lowest BCUT2D eigenvalue weighted by molar-refractivity contribution is 0.0130. The number of carbonyl (C=O) groups is 1. The number of rotatable bonds is 12. The van der Waals surface area contributed by atoms with Crippen LogP contribution in [0.15, 0.2) is 0 Å². The van der Waals surface area contributed by atoms with E-state index in [-0.39, 0.29) is 13.2 Å². The van der Waals surface area contributed by atoms with Gasteiger partial charge in [-0.15, -0.1) is 0 Å². The Balaban J connectivity index is 2.91. The highest BCUT2D eigenvalue weighted by atomic mass is 16.5. The number of nitrogens with one attached hydrogen (secondary N) is 1. The van der Waals surface area contributed by atoms with Crippen molar-refractivity contribution in [3.63, 3.8) is 0 Å². The highest BCUT2D eigenvalue weighted by molar-refractivity contribution is 5.64. The largest absolute Gasteiger partial charge is 0.465 e. The second kappa shape index (κ2) is 13.2. The number of aliphatic hydroxyl groups excluding tert-OH is 1. The molecule has 0 radical (unpaired) electrons. The Morgan fingerprint density at radius 1 is 0.941 bits per heavy atom. The van der Waals surface area contributed by atoms with Gasteiger partial charge in [-0.25, -0.2) is 4.79 Å². The van der Waals surface area contributed by atoms with Crippen LogP contribution in [0.3, 0.4) is 0 Å². The van der Waals surface area contributed by atoms with Crippen molar-refractivity contribution in [1.82, 2.24) is 5.32 Å². The number of carboxylic acid groups (broad SMARTS) is 1. The minimum Gasteiger partial charge on any atom is -0.465 e. The highest BCUT2D eigenvalue weighted by Gasteiger charge is 1.94. The predicted octanol–water partition coefficient (Wildman–Crippen LogP) is -0.314. The molecule has 17 heavy (non-hydrogen) atoms. The molecule has 7 heteroatoms. The molecule has 0 saturated heterocycles. The van der Waals surface area contributed by atoms with E-state index in [1.807, 2.05) is 0 Å². The first-order valence-electron chi connectivity index (χ1n) is 5.58. The molecule has 0 atom stereocenters. The van der Waals surface area contributed by atoms with Gasteiger partial charge in [0.2, 0.25) is 0 Å². The first-order valence-corrected chi connectivity index (χ1v) is 5.58. The molecular formula is C10H21NO6. The zero-order chi connectivity index (χ0) is 12.8. The molecule has 102 valence electrons. The highest BCUT2D eigenvalue weighted by Crippen LogP contribution is 1.83. The number of hydrogen-bond acceptors (Lipinski definition) is 5. The lowest BCUT2D eigenvalue weighted by atomic mass is 10.5. The van der Waals surface area contributed by atoms with E-state index in [4.69, 9.17) is 24.4 Å². The normalized spacial score (nSPS) is 10.4. The molecule has 3 N–H and O–H groups in total. The third-order valence-corrected chi connectivity index (χ3v) is 1.71. The average Bonchev–Trinajstić information content (AvgIpc) is 2.30. The molecule has 0 aromatic heterocycles. The second-order valence-corrected chi connectivity index (χ2v) is 3.15. The fourth-order valence-electron chi connectivity index (χ4n) is 0.939. The molecule has 0 heterocycles. The molecule has 0 aliphatic carbocycles. The zero-order valence-corrected chi connectivity index (χ0v) is 9.89. The fourth-order valence-corrected chi connectivity index (χ4v) is 0.939. The Labute approximate surface area is 101 Å². The monoisotopic (exact) mass is 251 g/mol. The Kier molecular flexibility index (Phi) is 12.5. The van der Waals surface area contributed by atoms with Gasteiger partial charge in [0, 0.05) is 19.8 Å². The first-order chi connectivity index (χ1) is 8.27. The summed E-state index contributed by atoms with van der Waals surface area (Å²) in [6.07, 6.45) is -0.412. The van der Waals surface area contributed by atoms with Gasteiger partial charge in [-0.2, -0.15) is 0 Å². The Bertz CT molecular complexity index is 178. The van der Waals surface area contributed by atoms with Gasteiger partial charge in [-0.1, -0.05) is 0 Å². The van der Waals surface area contributed by atoms with Crippen molar-refractivity contribution in [3.05, 3.63) is 0 Å². The molecule has 0 bridgehead atoms. The molecule has 0 fully saturated rings. The summed E-state index contributed by atoms with van der Waals surface area (Å²) in [5.41, 5.74) is 0. The molecule has 0 saturated carbocycles. The second-order valence-electron chi connectivity index (χ2n) is 3.15. The van der Waals surface area contributed by atoms with Crippen molar-refractivity contribution in [1.29, 1.82) is 0 Å². The first kappa shape index (κ1) is 16.1. The van der Waals surface area contributed by atoms with Crippen LogP contribution in [-0.2, 0) is 14.2 Å². The number of aliphatic hydroxyl groups is 1. The zero-order valence-electron chi connectivity index (χ0n) is 9.89. The van der Waals surface area contributed by atoms with E-state index < -0.39 is 6.09 Å². The molecule has 0 aromatic rings. The Morgan fingerprint density at radius 2 is 1.47 bits per heavy atom. The predicted molar refractivity (Wildman–Crippen MR) is 60.2 cm³/mol. The van der Waals surface area contributed by atoms with E-state index in [1.54, 1.807) is 0 Å². The third kappa shape index (κ3) is 15.1. The van der Waals surface area contributed by atoms with Crippen LogP contribution in [0, 0.1) is 0 Å². The van der Waals surface area contributed by atoms with E-state index in [9.17, 15) is 4.79 Å². The van der Waals surface area contributed by atoms with Gasteiger partial charge < -0.3 is 29.7 Å². The smallest absolute Gasteiger partial charge is 0.404 e. The molecule has 0 aliphatic heterocycles. The van der Waals surface area contributed by atoms with Crippen LogP contribution >= 0.6 is 0 Å². The lowest BCUT2D eigenvalue weighted by Crippen LogP contribution is -2.25. The van der Waals surface area contributed by atoms with Crippen molar-refractivity contribution in [2.75, 3.05) is 52.8 Å². The summed E-state index contributed by atoms with van der Waals surface area (Å²) in [6.45, 7) is 3.16. The fraction of sp³-hybridized carbons (Fsp3) is 0.900. The molecular weight excluding hydrogens is 230 g/mol. The van der Waals surface area contributed by atoms with Crippen LogP contribution < -0.4 is 5.32 Å². The van der Waals surface area contributed by atoms with Crippen molar-refractivity contribution >= 4 is 6.09 Å². The molecule has 0 rings (SSSR count). The third-order valence-electron chi connectivity index (χ3n) is 1.71. The summed E-state index contributed by atoms with van der Waals surface area (Å²) in [6, 6.07) is 0. The van der Waals surface area contributed by atoms with Crippen LogP contribution in [0.5, 0.6) is 0 Å². The summed E-state index contributed by atoms with van der Waals surface area (Å²) >= 11 is 0. The summed E-state index contributed by atoms with van der Waals surface area (Å²) in [5, 5.41) is 18.9. The average molecular weight is 251 g/mol. The number of hydrogen-bond donors (Lipinski definition) is 3. The minimum atomic E-state index is -1.05. The van der Waals surface area contributed by atoms with E-state index in [0.717, 1.165) is 0 Å². The van der Waals surface area contributed by atoms with E-state index in [1.165, 1.54) is 0 Å². The summed E-state index contributed by atoms with van der Waals surface area (Å²) in [4.78, 5) is 10.1. The Morgan fingerprint density at radius 3 is 2.00 bits per heavy atom. The lowest BCUT2D eigenvalue weighted by Gasteiger charge is -2.06. The standard InChI is InChI=1S/C10H21NO6/c12-3-1-4-15-6-8-17-9-7-16-5-2-11-10(13)14/h11-12H,1-9H2,(H,13,14). The molecule has 0 aromatic carbocycles. The minimum absolute atomic E-state index is 0.138. The van der Waals surface area contributed by atoms with Crippen LogP contribution in [0.2, 0.25) is 0 Å². The van der Waals surface area contributed by atoms with Gasteiger partial charge in [0.25, 0.3) is 0 Å². The molecule has 1 amide bonds. The SMILES string of the molecule is O=C(O)NCCOCCOCCOCCCO. The molecule has 7 nitrogen and oxygen atoms in total. The maximum Gasteiger partial charge on any atom is 0.404 e. The van der Waals surface area contributed by atoms with Crippen molar-refractivity contribution in [3.8, 4) is 0 Å². The summed E-state index contributed by atoms with van der Waals surface area (Å²) < 4.78 is 15.4. The van der Waals surface area contributed by atoms with Gasteiger partial charge in [-0.05, 0) is 6.42 Å². The molecule has 0 aliphatic rings. The van der Waals surface area contributed by atoms with Crippen LogP contribution in [0.1, 0.15) is 6.42 Å². The summed E-state index contributed by atoms with van der Waals surface area (Å²) in [7, 11) is 0. The van der Waals surface area contributed by atoms with Crippen LogP contribution in [-0.4, -0.2) is 69.1 Å². The van der Waals surface area contributed by atoms with Crippen molar-refractivity contribution in [2.45, 2.75) is 6.42 Å². The van der Waals surface area contributed by atoms with E-state index >= 15 is 0 Å². The Hall–Kier alpha value is -0.890. The van der Waals surface area contributed by atoms with Crippen LogP contribution in [0.4, 0.5) is 4.79 Å².